The lowest BCUT2D eigenvalue weighted by atomic mass is 10.1. The van der Waals surface area contributed by atoms with Gasteiger partial charge in [0.05, 0.1) is 5.56 Å². The number of rotatable bonds is 6. The summed E-state index contributed by atoms with van der Waals surface area (Å²) in [6, 6.07) is 6.16. The molecule has 1 aromatic carbocycles. The highest BCUT2D eigenvalue weighted by Gasteiger charge is 2.38. The number of carbonyl (C=O) groups is 3. The summed E-state index contributed by atoms with van der Waals surface area (Å²) in [4.78, 5) is 38.9. The Morgan fingerprint density at radius 2 is 1.85 bits per heavy atom. The van der Waals surface area contributed by atoms with Crippen molar-refractivity contribution in [2.45, 2.75) is 33.2 Å². The molecule has 0 spiro atoms. The van der Waals surface area contributed by atoms with Crippen molar-refractivity contribution in [2.75, 3.05) is 6.54 Å². The van der Waals surface area contributed by atoms with Crippen molar-refractivity contribution in [3.8, 4) is 0 Å². The molecule has 0 saturated carbocycles. The van der Waals surface area contributed by atoms with E-state index in [0.29, 0.717) is 24.6 Å². The molecule has 8 nitrogen and oxygen atoms in total. The van der Waals surface area contributed by atoms with Crippen LogP contribution in [0.4, 0.5) is 4.79 Å². The van der Waals surface area contributed by atoms with Gasteiger partial charge in [0, 0.05) is 25.0 Å². The third-order valence-corrected chi connectivity index (χ3v) is 4.42. The Morgan fingerprint density at radius 3 is 2.48 bits per heavy atom. The SMILES string of the molecule is CCCCN1C(=O)NC(=O)/C1=C1\NC(C)=CN1Cc1ccc(C(=O)O)cc1. The molecule has 3 rings (SSSR count). The van der Waals surface area contributed by atoms with Gasteiger partial charge in [-0.2, -0.15) is 0 Å². The Hall–Kier alpha value is -3.29. The van der Waals surface area contributed by atoms with Crippen molar-refractivity contribution in [3.05, 3.63) is 58.8 Å². The molecule has 0 radical (unpaired) electrons. The topological polar surface area (TPSA) is 102 Å². The van der Waals surface area contributed by atoms with Crippen LogP contribution in [0, 0.1) is 0 Å². The maximum Gasteiger partial charge on any atom is 0.335 e. The number of hydrogen-bond acceptors (Lipinski definition) is 5. The smallest absolute Gasteiger partial charge is 0.335 e. The van der Waals surface area contributed by atoms with Gasteiger partial charge in [-0.05, 0) is 31.0 Å². The molecule has 2 heterocycles. The first-order valence-electron chi connectivity index (χ1n) is 8.82. The Morgan fingerprint density at radius 1 is 1.15 bits per heavy atom. The third-order valence-electron chi connectivity index (χ3n) is 4.42. The van der Waals surface area contributed by atoms with E-state index >= 15 is 0 Å². The zero-order chi connectivity index (χ0) is 19.6. The lowest BCUT2D eigenvalue weighted by molar-refractivity contribution is -0.116. The van der Waals surface area contributed by atoms with E-state index in [9.17, 15) is 14.4 Å². The van der Waals surface area contributed by atoms with Gasteiger partial charge in [-0.15, -0.1) is 0 Å². The Labute approximate surface area is 157 Å². The number of urea groups is 1. The van der Waals surface area contributed by atoms with E-state index in [4.69, 9.17) is 5.11 Å². The van der Waals surface area contributed by atoms with Crippen LogP contribution in [-0.2, 0) is 11.3 Å². The fraction of sp³-hybridized carbons (Fsp3) is 0.316. The molecule has 0 atom stereocenters. The second kappa shape index (κ2) is 7.53. The Bertz CT molecular complexity index is 842. The molecule has 0 bridgehead atoms. The molecule has 0 aromatic heterocycles. The number of imide groups is 1. The summed E-state index contributed by atoms with van der Waals surface area (Å²) in [6.07, 6.45) is 3.56. The van der Waals surface area contributed by atoms with Crippen molar-refractivity contribution < 1.29 is 19.5 Å². The summed E-state index contributed by atoms with van der Waals surface area (Å²) in [6.45, 7) is 4.80. The number of hydrogen-bond donors (Lipinski definition) is 3. The maximum absolute atomic E-state index is 12.4. The van der Waals surface area contributed by atoms with E-state index in [1.54, 1.807) is 24.3 Å². The molecule has 2 aliphatic rings. The number of allylic oxidation sites excluding steroid dienone is 1. The summed E-state index contributed by atoms with van der Waals surface area (Å²) in [5, 5.41) is 14.5. The fourth-order valence-corrected chi connectivity index (χ4v) is 3.07. The minimum atomic E-state index is -0.976. The molecule has 2 aliphatic heterocycles. The van der Waals surface area contributed by atoms with Gasteiger partial charge in [0.25, 0.3) is 5.91 Å². The summed E-state index contributed by atoms with van der Waals surface area (Å²) in [5.41, 5.74) is 2.26. The number of amides is 3. The van der Waals surface area contributed by atoms with Gasteiger partial charge in [0.1, 0.15) is 5.82 Å². The first kappa shape index (κ1) is 18.5. The largest absolute Gasteiger partial charge is 0.478 e. The zero-order valence-electron chi connectivity index (χ0n) is 15.3. The number of benzene rings is 1. The van der Waals surface area contributed by atoms with Crippen molar-refractivity contribution in [3.63, 3.8) is 0 Å². The molecule has 1 aromatic rings. The van der Waals surface area contributed by atoms with E-state index < -0.39 is 17.9 Å². The first-order chi connectivity index (χ1) is 12.9. The van der Waals surface area contributed by atoms with Crippen LogP contribution in [0.3, 0.4) is 0 Å². The number of carboxylic acid groups (broad SMARTS) is 1. The van der Waals surface area contributed by atoms with Gasteiger partial charge in [-0.1, -0.05) is 25.5 Å². The Kier molecular flexibility index (Phi) is 5.16. The zero-order valence-corrected chi connectivity index (χ0v) is 15.3. The summed E-state index contributed by atoms with van der Waals surface area (Å²) in [5.74, 6) is -0.849. The first-order valence-corrected chi connectivity index (χ1v) is 8.82. The van der Waals surface area contributed by atoms with E-state index in [1.807, 2.05) is 24.9 Å². The minimum absolute atomic E-state index is 0.218. The second-order valence-corrected chi connectivity index (χ2v) is 6.53. The van der Waals surface area contributed by atoms with E-state index in [2.05, 4.69) is 10.6 Å². The molecule has 1 saturated heterocycles. The molecule has 0 aliphatic carbocycles. The number of carbonyl (C=O) groups excluding carboxylic acids is 2. The van der Waals surface area contributed by atoms with Crippen molar-refractivity contribution in [1.82, 2.24) is 20.4 Å². The van der Waals surface area contributed by atoms with E-state index in [1.165, 1.54) is 4.90 Å². The van der Waals surface area contributed by atoms with Gasteiger partial charge >= 0.3 is 12.0 Å². The Balaban J connectivity index is 1.89. The van der Waals surface area contributed by atoms with Crippen molar-refractivity contribution in [1.29, 1.82) is 0 Å². The van der Waals surface area contributed by atoms with Crippen LogP contribution >= 0.6 is 0 Å². The highest BCUT2D eigenvalue weighted by Crippen LogP contribution is 2.26. The quantitative estimate of drug-likeness (QED) is 0.524. The average Bonchev–Trinajstić information content (AvgIpc) is 3.11. The molecular weight excluding hydrogens is 348 g/mol. The van der Waals surface area contributed by atoms with Crippen molar-refractivity contribution in [2.24, 2.45) is 0 Å². The number of unbranched alkanes of at least 4 members (excludes halogenated alkanes) is 1. The molecule has 8 heteroatoms. The van der Waals surface area contributed by atoms with Gasteiger partial charge in [0.2, 0.25) is 0 Å². The van der Waals surface area contributed by atoms with Crippen LogP contribution in [0.2, 0.25) is 0 Å². The fourth-order valence-electron chi connectivity index (χ4n) is 3.07. The lowest BCUT2D eigenvalue weighted by Gasteiger charge is -2.23. The standard InChI is InChI=1S/C19H22N4O4/c1-3-4-9-23-15(17(24)21-19(23)27)16-20-12(2)10-22(16)11-13-5-7-14(8-6-13)18(25)26/h5-8,10,20H,3-4,9,11H2,1-2H3,(H,25,26)(H,21,24,27)/b16-15-. The molecule has 3 N–H and O–H groups in total. The number of carboxylic acids is 1. The molecular formula is C19H22N4O4. The van der Waals surface area contributed by atoms with Gasteiger partial charge < -0.3 is 15.3 Å². The molecule has 27 heavy (non-hydrogen) atoms. The van der Waals surface area contributed by atoms with Crippen LogP contribution in [0.1, 0.15) is 42.6 Å². The lowest BCUT2D eigenvalue weighted by Crippen LogP contribution is -2.31. The molecule has 1 fully saturated rings. The molecule has 3 amide bonds. The highest BCUT2D eigenvalue weighted by molar-refractivity contribution is 6.12. The van der Waals surface area contributed by atoms with Gasteiger partial charge in [0.15, 0.2) is 5.70 Å². The average molecular weight is 370 g/mol. The van der Waals surface area contributed by atoms with E-state index in [0.717, 1.165) is 24.1 Å². The predicted octanol–water partition coefficient (Wildman–Crippen LogP) is 2.17. The van der Waals surface area contributed by atoms with Crippen LogP contribution in [0.25, 0.3) is 0 Å². The number of aromatic carboxylic acids is 1. The maximum atomic E-state index is 12.4. The molecule has 142 valence electrons. The van der Waals surface area contributed by atoms with E-state index in [-0.39, 0.29) is 5.56 Å². The second-order valence-electron chi connectivity index (χ2n) is 6.53. The van der Waals surface area contributed by atoms with Crippen LogP contribution in [0.5, 0.6) is 0 Å². The normalized spacial score (nSPS) is 19.3. The minimum Gasteiger partial charge on any atom is -0.478 e. The highest BCUT2D eigenvalue weighted by atomic mass is 16.4. The van der Waals surface area contributed by atoms with Crippen LogP contribution < -0.4 is 10.6 Å². The number of nitrogens with zero attached hydrogens (tertiary/aromatic N) is 2. The predicted molar refractivity (Wildman–Crippen MR) is 98.0 cm³/mol. The number of nitrogens with one attached hydrogen (secondary N) is 2. The van der Waals surface area contributed by atoms with Gasteiger partial charge in [-0.25, -0.2) is 9.59 Å². The van der Waals surface area contributed by atoms with Crippen LogP contribution in [-0.4, -0.2) is 39.4 Å². The monoisotopic (exact) mass is 370 g/mol. The van der Waals surface area contributed by atoms with Crippen molar-refractivity contribution >= 4 is 17.9 Å². The molecule has 0 unspecified atom stereocenters. The van der Waals surface area contributed by atoms with Crippen LogP contribution in [0.15, 0.2) is 47.7 Å². The summed E-state index contributed by atoms with van der Waals surface area (Å²) < 4.78 is 0. The van der Waals surface area contributed by atoms with Gasteiger partial charge in [-0.3, -0.25) is 15.0 Å². The third kappa shape index (κ3) is 3.79. The summed E-state index contributed by atoms with van der Waals surface area (Å²) in [7, 11) is 0. The summed E-state index contributed by atoms with van der Waals surface area (Å²) >= 11 is 0.